The second kappa shape index (κ2) is 8.99. The van der Waals surface area contributed by atoms with E-state index in [0.717, 1.165) is 17.9 Å². The molecular weight excluding hydrogens is 428 g/mol. The van der Waals surface area contributed by atoms with Gasteiger partial charge in [0.05, 0.1) is 10.7 Å². The summed E-state index contributed by atoms with van der Waals surface area (Å²) in [5.74, 6) is -0.113. The molecule has 0 saturated heterocycles. The third-order valence-electron chi connectivity index (χ3n) is 4.44. The van der Waals surface area contributed by atoms with E-state index in [9.17, 15) is 13.2 Å². The number of unbranched alkanes of at least 4 members (excludes halogenated alkanes) is 1. The standard InChI is InChI=1S/C19H23ClN6O3S/c1-4-5-11-22-30(28,29)24-17(27)9-8-14-13(2)23-25(3)19(14)26-12-16(20)15-7-6-10-21-18(15)26/h6-10,12,22H,4-5,11H2,1-3H3,(H,24,27). The van der Waals surface area contributed by atoms with Crippen LogP contribution in [0.5, 0.6) is 0 Å². The largest absolute Gasteiger partial charge is 0.301 e. The third-order valence-corrected chi connectivity index (χ3v) is 5.79. The maximum atomic E-state index is 12.2. The summed E-state index contributed by atoms with van der Waals surface area (Å²) >= 11 is 6.35. The van der Waals surface area contributed by atoms with Crippen molar-refractivity contribution in [3.63, 3.8) is 0 Å². The fourth-order valence-electron chi connectivity index (χ4n) is 3.07. The molecule has 1 amide bonds. The lowest BCUT2D eigenvalue weighted by molar-refractivity contribution is -0.114. The Bertz CT molecular complexity index is 1210. The fourth-order valence-corrected chi connectivity index (χ4v) is 4.13. The molecule has 0 spiro atoms. The first-order valence-electron chi connectivity index (χ1n) is 9.38. The Labute approximate surface area is 179 Å². The molecule has 3 rings (SSSR count). The van der Waals surface area contributed by atoms with Crippen molar-refractivity contribution in [2.75, 3.05) is 6.54 Å². The van der Waals surface area contributed by atoms with Crippen molar-refractivity contribution in [1.82, 2.24) is 28.8 Å². The lowest BCUT2D eigenvalue weighted by Crippen LogP contribution is -2.39. The Morgan fingerprint density at radius 2 is 2.13 bits per heavy atom. The van der Waals surface area contributed by atoms with Gasteiger partial charge in [-0.05, 0) is 31.6 Å². The molecule has 2 N–H and O–H groups in total. The fraction of sp³-hybridized carbons (Fsp3) is 0.316. The van der Waals surface area contributed by atoms with Crippen molar-refractivity contribution >= 4 is 44.8 Å². The van der Waals surface area contributed by atoms with Gasteiger partial charge in [-0.3, -0.25) is 14.0 Å². The van der Waals surface area contributed by atoms with Crippen LogP contribution in [-0.2, 0) is 22.1 Å². The van der Waals surface area contributed by atoms with Gasteiger partial charge in [0.2, 0.25) is 0 Å². The topological polar surface area (TPSA) is 111 Å². The number of amides is 1. The van der Waals surface area contributed by atoms with Crippen LogP contribution in [0.15, 0.2) is 30.6 Å². The van der Waals surface area contributed by atoms with E-state index >= 15 is 0 Å². The van der Waals surface area contributed by atoms with Crippen molar-refractivity contribution < 1.29 is 13.2 Å². The molecule has 11 heteroatoms. The summed E-state index contributed by atoms with van der Waals surface area (Å²) in [5.41, 5.74) is 1.95. The number of nitrogens with one attached hydrogen (secondary N) is 2. The number of rotatable bonds is 8. The zero-order chi connectivity index (χ0) is 21.9. The van der Waals surface area contributed by atoms with Crippen LogP contribution in [0.25, 0.3) is 22.9 Å². The summed E-state index contributed by atoms with van der Waals surface area (Å²) in [6.07, 6.45) is 7.61. The van der Waals surface area contributed by atoms with Crippen LogP contribution in [0.4, 0.5) is 0 Å². The number of carbonyl (C=O) groups is 1. The Morgan fingerprint density at radius 1 is 1.37 bits per heavy atom. The maximum absolute atomic E-state index is 12.2. The molecule has 160 valence electrons. The molecule has 3 aromatic rings. The van der Waals surface area contributed by atoms with Crippen LogP contribution in [0.3, 0.4) is 0 Å². The summed E-state index contributed by atoms with van der Waals surface area (Å²) in [6, 6.07) is 3.66. The number of pyridine rings is 1. The number of hydrogen-bond donors (Lipinski definition) is 2. The first kappa shape index (κ1) is 22.0. The molecule has 0 atom stereocenters. The van der Waals surface area contributed by atoms with Crippen molar-refractivity contribution in [1.29, 1.82) is 0 Å². The molecule has 0 radical (unpaired) electrons. The minimum Gasteiger partial charge on any atom is -0.284 e. The SMILES string of the molecule is CCCCNS(=O)(=O)NC(=O)C=Cc1c(C)nn(C)c1-n1cc(Cl)c2cccnc21. The Balaban J connectivity index is 1.90. The van der Waals surface area contributed by atoms with E-state index in [0.29, 0.717) is 34.2 Å². The molecule has 0 aliphatic carbocycles. The van der Waals surface area contributed by atoms with Crippen LogP contribution < -0.4 is 9.44 Å². The van der Waals surface area contributed by atoms with Crippen LogP contribution in [0.2, 0.25) is 5.02 Å². The highest BCUT2D eigenvalue weighted by molar-refractivity contribution is 7.88. The van der Waals surface area contributed by atoms with Gasteiger partial charge in [0.25, 0.3) is 5.91 Å². The molecule has 30 heavy (non-hydrogen) atoms. The number of halogens is 1. The lowest BCUT2D eigenvalue weighted by atomic mass is 10.2. The number of hydrogen-bond acceptors (Lipinski definition) is 5. The van der Waals surface area contributed by atoms with Gasteiger partial charge in [-0.2, -0.15) is 18.2 Å². The van der Waals surface area contributed by atoms with Gasteiger partial charge in [0.15, 0.2) is 0 Å². The number of aryl methyl sites for hydroxylation is 2. The Hall–Kier alpha value is -2.69. The average Bonchev–Trinajstić information content (AvgIpc) is 3.15. The van der Waals surface area contributed by atoms with Gasteiger partial charge in [-0.25, -0.2) is 9.71 Å². The summed E-state index contributed by atoms with van der Waals surface area (Å²) in [6.45, 7) is 4.01. The third kappa shape index (κ3) is 4.72. The number of nitrogens with zero attached hydrogens (tertiary/aromatic N) is 4. The normalized spacial score (nSPS) is 12.1. The van der Waals surface area contributed by atoms with Gasteiger partial charge in [0.1, 0.15) is 11.5 Å². The Kier molecular flexibility index (Phi) is 6.59. The van der Waals surface area contributed by atoms with E-state index in [1.165, 1.54) is 6.08 Å². The smallest absolute Gasteiger partial charge is 0.284 e. The van der Waals surface area contributed by atoms with Gasteiger partial charge in [-0.15, -0.1) is 0 Å². The van der Waals surface area contributed by atoms with Crippen molar-refractivity contribution in [3.05, 3.63) is 46.9 Å². The number of aromatic nitrogens is 4. The van der Waals surface area contributed by atoms with Crippen LogP contribution in [0, 0.1) is 6.92 Å². The minimum absolute atomic E-state index is 0.267. The van der Waals surface area contributed by atoms with Crippen LogP contribution in [-0.4, -0.2) is 40.2 Å². The minimum atomic E-state index is -3.90. The molecule has 9 nitrogen and oxygen atoms in total. The second-order valence-electron chi connectivity index (χ2n) is 6.72. The highest BCUT2D eigenvalue weighted by atomic mass is 35.5. The first-order valence-corrected chi connectivity index (χ1v) is 11.2. The highest BCUT2D eigenvalue weighted by Crippen LogP contribution is 2.29. The van der Waals surface area contributed by atoms with Crippen molar-refractivity contribution in [3.8, 4) is 5.82 Å². The van der Waals surface area contributed by atoms with E-state index in [1.807, 2.05) is 17.7 Å². The molecule has 0 fully saturated rings. The first-order chi connectivity index (χ1) is 14.2. The van der Waals surface area contributed by atoms with E-state index in [1.54, 1.807) is 41.7 Å². The second-order valence-corrected chi connectivity index (χ2v) is 8.63. The molecule has 0 aromatic carbocycles. The zero-order valence-corrected chi connectivity index (χ0v) is 18.5. The molecule has 3 heterocycles. The van der Waals surface area contributed by atoms with E-state index in [-0.39, 0.29) is 6.54 Å². The summed E-state index contributed by atoms with van der Waals surface area (Å²) in [4.78, 5) is 16.6. The molecule has 0 aliphatic heterocycles. The van der Waals surface area contributed by atoms with E-state index in [4.69, 9.17) is 11.6 Å². The lowest BCUT2D eigenvalue weighted by Gasteiger charge is -2.07. The Morgan fingerprint density at radius 3 is 2.87 bits per heavy atom. The molecular formula is C19H23ClN6O3S. The monoisotopic (exact) mass is 450 g/mol. The van der Waals surface area contributed by atoms with Crippen molar-refractivity contribution in [2.24, 2.45) is 7.05 Å². The predicted octanol–water partition coefficient (Wildman–Crippen LogP) is 2.48. The van der Waals surface area contributed by atoms with Gasteiger partial charge < -0.3 is 0 Å². The molecule has 0 unspecified atom stereocenters. The molecule has 0 saturated carbocycles. The van der Waals surface area contributed by atoms with Crippen LogP contribution >= 0.6 is 11.6 Å². The van der Waals surface area contributed by atoms with Gasteiger partial charge in [0, 0.05) is 43.0 Å². The molecule has 0 bridgehead atoms. The van der Waals surface area contributed by atoms with Gasteiger partial charge in [-0.1, -0.05) is 24.9 Å². The van der Waals surface area contributed by atoms with E-state index < -0.39 is 16.1 Å². The van der Waals surface area contributed by atoms with E-state index in [2.05, 4.69) is 14.8 Å². The number of carbonyl (C=O) groups excluding carboxylic acids is 1. The highest BCUT2D eigenvalue weighted by Gasteiger charge is 2.18. The van der Waals surface area contributed by atoms with Gasteiger partial charge >= 0.3 is 10.2 Å². The molecule has 3 aromatic heterocycles. The zero-order valence-electron chi connectivity index (χ0n) is 16.9. The van der Waals surface area contributed by atoms with Crippen LogP contribution in [0.1, 0.15) is 31.0 Å². The van der Waals surface area contributed by atoms with Crippen molar-refractivity contribution in [2.45, 2.75) is 26.7 Å². The predicted molar refractivity (Wildman–Crippen MR) is 117 cm³/mol. The quantitative estimate of drug-likeness (QED) is 0.404. The molecule has 0 aliphatic rings. The summed E-state index contributed by atoms with van der Waals surface area (Å²) in [5, 5.41) is 5.74. The maximum Gasteiger partial charge on any atom is 0.301 e. The summed E-state index contributed by atoms with van der Waals surface area (Å²) in [7, 11) is -2.14. The summed E-state index contributed by atoms with van der Waals surface area (Å²) < 4.78 is 31.6. The average molecular weight is 451 g/mol. The number of fused-ring (bicyclic) bond motifs is 1.